The summed E-state index contributed by atoms with van der Waals surface area (Å²) < 4.78 is 0. The van der Waals surface area contributed by atoms with Gasteiger partial charge in [0.05, 0.1) is 6.04 Å². The first-order valence-electron chi connectivity index (χ1n) is 13.9. The summed E-state index contributed by atoms with van der Waals surface area (Å²) in [6, 6.07) is 6.59. The van der Waals surface area contributed by atoms with Gasteiger partial charge < -0.3 is 32.1 Å². The van der Waals surface area contributed by atoms with E-state index in [4.69, 9.17) is 11.5 Å². The summed E-state index contributed by atoms with van der Waals surface area (Å²) in [5, 5.41) is 14.8. The molecule has 7 N–H and O–H groups in total. The SMILES string of the molecule is CC(C)CC(NC(=O)/C=C/c1ccccc1)C(=O)CCC(=O)N1CCC[C@H]1C(=O)N[C@@H](CCCN=C(N)N)C(=O)O. The van der Waals surface area contributed by atoms with Crippen LogP contribution in [0.4, 0.5) is 0 Å². The third kappa shape index (κ3) is 11.8. The number of carbonyl (C=O) groups excluding carboxylic acids is 4. The van der Waals surface area contributed by atoms with Gasteiger partial charge in [-0.15, -0.1) is 0 Å². The maximum Gasteiger partial charge on any atom is 0.326 e. The molecule has 1 aromatic rings. The van der Waals surface area contributed by atoms with Crippen molar-refractivity contribution in [1.82, 2.24) is 15.5 Å². The van der Waals surface area contributed by atoms with Crippen LogP contribution in [-0.2, 0) is 24.0 Å². The van der Waals surface area contributed by atoms with Gasteiger partial charge in [0, 0.05) is 32.0 Å². The van der Waals surface area contributed by atoms with Gasteiger partial charge in [0.15, 0.2) is 11.7 Å². The normalized spacial score (nSPS) is 16.3. The van der Waals surface area contributed by atoms with E-state index in [1.165, 1.54) is 11.0 Å². The van der Waals surface area contributed by atoms with Crippen LogP contribution in [0.3, 0.4) is 0 Å². The zero-order valence-electron chi connectivity index (χ0n) is 23.8. The van der Waals surface area contributed by atoms with E-state index in [2.05, 4.69) is 15.6 Å². The third-order valence-electron chi connectivity index (χ3n) is 6.66. The fourth-order valence-electron chi connectivity index (χ4n) is 4.61. The molecule has 1 aliphatic rings. The molecule has 0 spiro atoms. The second kappa shape index (κ2) is 16.8. The van der Waals surface area contributed by atoms with E-state index in [0.29, 0.717) is 32.2 Å². The third-order valence-corrected chi connectivity index (χ3v) is 6.66. The van der Waals surface area contributed by atoms with Crippen molar-refractivity contribution in [3.63, 3.8) is 0 Å². The summed E-state index contributed by atoms with van der Waals surface area (Å²) in [5.41, 5.74) is 11.4. The number of carboxylic acid groups (broad SMARTS) is 1. The van der Waals surface area contributed by atoms with Gasteiger partial charge in [-0.25, -0.2) is 4.79 Å². The maximum atomic E-state index is 13.0. The number of benzene rings is 1. The lowest BCUT2D eigenvalue weighted by atomic mass is 9.97. The topological polar surface area (TPSA) is 197 Å². The number of aliphatic imine (C=N–C) groups is 1. The van der Waals surface area contributed by atoms with E-state index in [-0.39, 0.29) is 49.4 Å². The summed E-state index contributed by atoms with van der Waals surface area (Å²) in [7, 11) is 0. The lowest BCUT2D eigenvalue weighted by Crippen LogP contribution is -2.51. The van der Waals surface area contributed by atoms with Crippen molar-refractivity contribution in [2.75, 3.05) is 13.1 Å². The highest BCUT2D eigenvalue weighted by molar-refractivity contribution is 5.97. The highest BCUT2D eigenvalue weighted by Gasteiger charge is 2.36. The number of ketones is 1. The average molecular weight is 571 g/mol. The Morgan fingerprint density at radius 2 is 1.78 bits per heavy atom. The Labute approximate surface area is 240 Å². The molecule has 1 heterocycles. The number of carboxylic acids is 1. The van der Waals surface area contributed by atoms with E-state index in [9.17, 15) is 29.1 Å². The lowest BCUT2D eigenvalue weighted by molar-refractivity contribution is -0.144. The van der Waals surface area contributed by atoms with E-state index in [1.54, 1.807) is 6.08 Å². The van der Waals surface area contributed by atoms with Crippen molar-refractivity contribution in [2.24, 2.45) is 22.4 Å². The lowest BCUT2D eigenvalue weighted by Gasteiger charge is -2.26. The molecule has 1 saturated heterocycles. The molecule has 12 heteroatoms. The number of carbonyl (C=O) groups is 5. The van der Waals surface area contributed by atoms with Crippen molar-refractivity contribution >= 4 is 41.5 Å². The average Bonchev–Trinajstić information content (AvgIpc) is 3.42. The van der Waals surface area contributed by atoms with Gasteiger partial charge in [-0.05, 0) is 49.7 Å². The van der Waals surface area contributed by atoms with Gasteiger partial charge in [0.25, 0.3) is 0 Å². The van der Waals surface area contributed by atoms with Gasteiger partial charge in [-0.3, -0.25) is 24.2 Å². The molecule has 0 saturated carbocycles. The molecular formula is C29H42N6O6. The van der Waals surface area contributed by atoms with Crippen LogP contribution < -0.4 is 22.1 Å². The van der Waals surface area contributed by atoms with E-state index in [1.807, 2.05) is 44.2 Å². The molecule has 224 valence electrons. The van der Waals surface area contributed by atoms with Crippen LogP contribution in [0.1, 0.15) is 64.4 Å². The van der Waals surface area contributed by atoms with Crippen LogP contribution in [0, 0.1) is 5.92 Å². The number of rotatable bonds is 16. The van der Waals surface area contributed by atoms with Gasteiger partial charge in [-0.2, -0.15) is 0 Å². The zero-order valence-corrected chi connectivity index (χ0v) is 23.8. The molecule has 0 aromatic heterocycles. The minimum absolute atomic E-state index is 0.0910. The fourth-order valence-corrected chi connectivity index (χ4v) is 4.61. The number of aliphatic carboxylic acids is 1. The summed E-state index contributed by atoms with van der Waals surface area (Å²) in [6.45, 7) is 4.45. The Balaban J connectivity index is 1.93. The number of likely N-dealkylation sites (tertiary alicyclic amines) is 1. The Hall–Kier alpha value is -4.22. The van der Waals surface area contributed by atoms with Crippen molar-refractivity contribution in [1.29, 1.82) is 0 Å². The molecular weight excluding hydrogens is 528 g/mol. The summed E-state index contributed by atoms with van der Waals surface area (Å²) in [5.74, 6) is -2.74. The summed E-state index contributed by atoms with van der Waals surface area (Å²) in [4.78, 5) is 68.3. The standard InChI is InChI=1S/C29H42N6O6/c1-19(2)18-22(33-25(37)14-12-20-8-4-3-5-9-20)24(36)13-15-26(38)35-17-7-11-23(35)27(39)34-21(28(40)41)10-6-16-32-29(30)31/h3-5,8-9,12,14,19,21-23H,6-7,10-11,13,15-18H2,1-2H3,(H,33,37)(H,34,39)(H,40,41)(H4,30,31,32)/b14-12+/t21-,22?,23-/m0/s1. The predicted molar refractivity (Wildman–Crippen MR) is 155 cm³/mol. The number of nitrogens with one attached hydrogen (secondary N) is 2. The highest BCUT2D eigenvalue weighted by atomic mass is 16.4. The Kier molecular flexibility index (Phi) is 13.5. The predicted octanol–water partition coefficient (Wildman–Crippen LogP) is 1.19. The van der Waals surface area contributed by atoms with Crippen molar-refractivity contribution in [3.05, 3.63) is 42.0 Å². The smallest absolute Gasteiger partial charge is 0.326 e. The quantitative estimate of drug-likeness (QED) is 0.0845. The molecule has 1 unspecified atom stereocenters. The van der Waals surface area contributed by atoms with Gasteiger partial charge in [0.2, 0.25) is 17.7 Å². The number of Topliss-reactive ketones (excluding diaryl/α,β-unsaturated/α-hetero) is 1. The van der Waals surface area contributed by atoms with E-state index < -0.39 is 35.9 Å². The van der Waals surface area contributed by atoms with Crippen LogP contribution in [0.25, 0.3) is 6.08 Å². The van der Waals surface area contributed by atoms with Crippen LogP contribution in [0.15, 0.2) is 41.4 Å². The minimum Gasteiger partial charge on any atom is -0.480 e. The second-order valence-corrected chi connectivity index (χ2v) is 10.5. The minimum atomic E-state index is -1.19. The number of hydrogen-bond acceptors (Lipinski definition) is 6. The van der Waals surface area contributed by atoms with Crippen LogP contribution in [0.2, 0.25) is 0 Å². The summed E-state index contributed by atoms with van der Waals surface area (Å²) in [6.07, 6.45) is 4.70. The Morgan fingerprint density at radius 1 is 1.07 bits per heavy atom. The van der Waals surface area contributed by atoms with Crippen molar-refractivity contribution < 1.29 is 29.1 Å². The van der Waals surface area contributed by atoms with Crippen molar-refractivity contribution in [2.45, 2.75) is 76.9 Å². The Bertz CT molecular complexity index is 1120. The van der Waals surface area contributed by atoms with Crippen LogP contribution >= 0.6 is 0 Å². The number of nitrogens with two attached hydrogens (primary N) is 2. The largest absolute Gasteiger partial charge is 0.480 e. The van der Waals surface area contributed by atoms with E-state index >= 15 is 0 Å². The Morgan fingerprint density at radius 3 is 2.41 bits per heavy atom. The molecule has 0 aliphatic carbocycles. The monoisotopic (exact) mass is 570 g/mol. The van der Waals surface area contributed by atoms with Crippen LogP contribution in [0.5, 0.6) is 0 Å². The molecule has 3 amide bonds. The number of nitrogens with zero attached hydrogens (tertiary/aromatic N) is 2. The second-order valence-electron chi connectivity index (χ2n) is 10.5. The first-order chi connectivity index (χ1) is 19.5. The van der Waals surface area contributed by atoms with Crippen LogP contribution in [-0.4, -0.2) is 76.7 Å². The van der Waals surface area contributed by atoms with Crippen molar-refractivity contribution in [3.8, 4) is 0 Å². The highest BCUT2D eigenvalue weighted by Crippen LogP contribution is 2.20. The number of amides is 3. The maximum absolute atomic E-state index is 13.0. The molecule has 0 bridgehead atoms. The van der Waals surface area contributed by atoms with Gasteiger partial charge in [0.1, 0.15) is 12.1 Å². The first-order valence-corrected chi connectivity index (χ1v) is 13.9. The zero-order chi connectivity index (χ0) is 30.4. The number of guanidine groups is 1. The molecule has 12 nitrogen and oxygen atoms in total. The molecule has 2 rings (SSSR count). The number of hydrogen-bond donors (Lipinski definition) is 5. The van der Waals surface area contributed by atoms with Gasteiger partial charge in [-0.1, -0.05) is 44.2 Å². The molecule has 0 radical (unpaired) electrons. The molecule has 41 heavy (non-hydrogen) atoms. The summed E-state index contributed by atoms with van der Waals surface area (Å²) >= 11 is 0. The van der Waals surface area contributed by atoms with Gasteiger partial charge >= 0.3 is 5.97 Å². The molecule has 1 fully saturated rings. The molecule has 1 aromatic carbocycles. The first kappa shape index (κ1) is 33.0. The molecule has 3 atom stereocenters. The van der Waals surface area contributed by atoms with E-state index in [0.717, 1.165) is 5.56 Å². The molecule has 1 aliphatic heterocycles. The fraction of sp³-hybridized carbons (Fsp3) is 0.517.